The lowest BCUT2D eigenvalue weighted by Crippen LogP contribution is -2.18. The molecule has 1 aromatic carbocycles. The largest absolute Gasteiger partial charge is 0.455 e. The molecule has 1 rings (SSSR count). The zero-order valence-corrected chi connectivity index (χ0v) is 13.0. The molecule has 1 aromatic rings. The van der Waals surface area contributed by atoms with Crippen LogP contribution in [-0.2, 0) is 19.1 Å². The van der Waals surface area contributed by atoms with Crippen molar-refractivity contribution in [2.24, 2.45) is 0 Å². The molecule has 102 valence electrons. The molecular formula is C14H15IO4. The van der Waals surface area contributed by atoms with E-state index >= 15 is 0 Å². The second-order valence-corrected chi connectivity index (χ2v) is 5.29. The Bertz CT molecular complexity index is 479. The van der Waals surface area contributed by atoms with Gasteiger partial charge in [-0.3, -0.25) is 0 Å². The first kappa shape index (κ1) is 15.7. The molecule has 1 unspecified atom stereocenters. The van der Waals surface area contributed by atoms with Crippen molar-refractivity contribution in [3.8, 4) is 0 Å². The number of ether oxygens (including phenoxy) is 2. The Kier molecular flexibility index (Phi) is 6.01. The Morgan fingerprint density at radius 3 is 2.42 bits per heavy atom. The minimum atomic E-state index is -0.598. The van der Waals surface area contributed by atoms with Crippen LogP contribution in [0.25, 0.3) is 0 Å². The smallest absolute Gasteiger partial charge is 0.344 e. The van der Waals surface area contributed by atoms with Crippen LogP contribution in [0.1, 0.15) is 25.5 Å². The van der Waals surface area contributed by atoms with Crippen LogP contribution in [-0.4, -0.2) is 18.5 Å². The third kappa shape index (κ3) is 5.42. The highest BCUT2D eigenvalue weighted by atomic mass is 127. The summed E-state index contributed by atoms with van der Waals surface area (Å²) in [5, 5.41) is 0. The topological polar surface area (TPSA) is 52.6 Å². The first-order chi connectivity index (χ1) is 8.90. The Balaban J connectivity index is 2.46. The maximum atomic E-state index is 11.5. The minimum Gasteiger partial charge on any atom is -0.455 e. The van der Waals surface area contributed by atoms with E-state index in [9.17, 15) is 9.59 Å². The fraction of sp³-hybridized carbons (Fsp3) is 0.286. The van der Waals surface area contributed by atoms with Crippen molar-refractivity contribution < 1.29 is 19.1 Å². The van der Waals surface area contributed by atoms with Gasteiger partial charge in [0.2, 0.25) is 0 Å². The van der Waals surface area contributed by atoms with E-state index in [0.29, 0.717) is 0 Å². The molecule has 5 heteroatoms. The monoisotopic (exact) mass is 374 g/mol. The summed E-state index contributed by atoms with van der Waals surface area (Å²) in [7, 11) is 0. The van der Waals surface area contributed by atoms with Gasteiger partial charge in [-0.1, -0.05) is 18.7 Å². The predicted molar refractivity (Wildman–Crippen MR) is 79.4 cm³/mol. The predicted octanol–water partition coefficient (Wildman–Crippen LogP) is 3.01. The van der Waals surface area contributed by atoms with Gasteiger partial charge in [0.25, 0.3) is 0 Å². The Morgan fingerprint density at radius 1 is 1.32 bits per heavy atom. The summed E-state index contributed by atoms with van der Waals surface area (Å²) in [6.45, 7) is 6.30. The molecule has 0 heterocycles. The van der Waals surface area contributed by atoms with Crippen LogP contribution < -0.4 is 0 Å². The molecule has 0 saturated carbocycles. The van der Waals surface area contributed by atoms with Gasteiger partial charge >= 0.3 is 11.9 Å². The van der Waals surface area contributed by atoms with Crippen molar-refractivity contribution in [1.29, 1.82) is 0 Å². The van der Waals surface area contributed by atoms with E-state index in [-0.39, 0.29) is 11.7 Å². The number of halogens is 1. The normalized spacial score (nSPS) is 11.5. The number of carbonyl (C=O) groups excluding carboxylic acids is 2. The van der Waals surface area contributed by atoms with Crippen molar-refractivity contribution in [1.82, 2.24) is 0 Å². The average molecular weight is 374 g/mol. The van der Waals surface area contributed by atoms with Gasteiger partial charge in [0, 0.05) is 9.14 Å². The molecule has 1 atom stereocenters. The first-order valence-corrected chi connectivity index (χ1v) is 6.75. The van der Waals surface area contributed by atoms with Gasteiger partial charge in [-0.2, -0.15) is 0 Å². The van der Waals surface area contributed by atoms with Crippen molar-refractivity contribution in [3.05, 3.63) is 45.6 Å². The third-order valence-electron chi connectivity index (χ3n) is 2.32. The van der Waals surface area contributed by atoms with Crippen LogP contribution in [0.3, 0.4) is 0 Å². The van der Waals surface area contributed by atoms with Crippen LogP contribution in [0.15, 0.2) is 36.4 Å². The molecule has 0 fully saturated rings. The second kappa shape index (κ2) is 7.28. The number of carbonyl (C=O) groups is 2. The minimum absolute atomic E-state index is 0.249. The van der Waals surface area contributed by atoms with Gasteiger partial charge in [-0.25, -0.2) is 9.59 Å². The fourth-order valence-corrected chi connectivity index (χ4v) is 1.64. The molecule has 0 radical (unpaired) electrons. The highest BCUT2D eigenvalue weighted by Crippen LogP contribution is 2.18. The van der Waals surface area contributed by atoms with E-state index in [1.807, 2.05) is 24.3 Å². The number of rotatable bonds is 5. The van der Waals surface area contributed by atoms with E-state index in [4.69, 9.17) is 9.47 Å². The number of esters is 2. The quantitative estimate of drug-likeness (QED) is 0.452. The summed E-state index contributed by atoms with van der Waals surface area (Å²) >= 11 is 2.20. The molecule has 0 amide bonds. The summed E-state index contributed by atoms with van der Waals surface area (Å²) in [5.41, 5.74) is 1.14. The molecule has 0 bridgehead atoms. The molecule has 0 aliphatic rings. The van der Waals surface area contributed by atoms with Crippen LogP contribution in [0.2, 0.25) is 0 Å². The zero-order valence-electron chi connectivity index (χ0n) is 10.8. The van der Waals surface area contributed by atoms with Gasteiger partial charge in [-0.15, -0.1) is 0 Å². The molecule has 19 heavy (non-hydrogen) atoms. The number of hydrogen-bond donors (Lipinski definition) is 0. The van der Waals surface area contributed by atoms with Gasteiger partial charge in [-0.05, 0) is 54.1 Å². The maximum absolute atomic E-state index is 11.5. The molecule has 0 aliphatic carbocycles. The van der Waals surface area contributed by atoms with E-state index in [1.54, 1.807) is 6.92 Å². The van der Waals surface area contributed by atoms with E-state index < -0.39 is 18.5 Å². The summed E-state index contributed by atoms with van der Waals surface area (Å²) in [5.74, 6) is -1.18. The Labute approximate surface area is 125 Å². The molecule has 0 saturated heterocycles. The molecule has 4 nitrogen and oxygen atoms in total. The summed E-state index contributed by atoms with van der Waals surface area (Å²) in [6.07, 6.45) is -0.381. The highest BCUT2D eigenvalue weighted by Gasteiger charge is 2.14. The highest BCUT2D eigenvalue weighted by molar-refractivity contribution is 14.1. The fourth-order valence-electron chi connectivity index (χ4n) is 1.28. The summed E-state index contributed by atoms with van der Waals surface area (Å²) in [6, 6.07) is 7.64. The van der Waals surface area contributed by atoms with Gasteiger partial charge in [0.15, 0.2) is 6.61 Å². The lowest BCUT2D eigenvalue weighted by atomic mass is 10.1. The molecule has 0 N–H and O–H groups in total. The SMILES string of the molecule is C=C(C)C(=O)OCC(=O)OC(C)c1ccc(I)cc1. The van der Waals surface area contributed by atoms with Crippen LogP contribution in [0.5, 0.6) is 0 Å². The van der Waals surface area contributed by atoms with Gasteiger partial charge < -0.3 is 9.47 Å². The first-order valence-electron chi connectivity index (χ1n) is 5.67. The standard InChI is InChI=1S/C14H15IO4/c1-9(2)14(17)18-8-13(16)19-10(3)11-4-6-12(15)7-5-11/h4-7,10H,1,8H2,2-3H3. The van der Waals surface area contributed by atoms with Crippen LogP contribution >= 0.6 is 22.6 Å². The van der Waals surface area contributed by atoms with Crippen molar-refractivity contribution in [2.45, 2.75) is 20.0 Å². The van der Waals surface area contributed by atoms with E-state index in [0.717, 1.165) is 9.13 Å². The van der Waals surface area contributed by atoms with Gasteiger partial charge in [0.05, 0.1) is 0 Å². The van der Waals surface area contributed by atoms with Crippen molar-refractivity contribution >= 4 is 34.5 Å². The summed E-state index contributed by atoms with van der Waals surface area (Å²) in [4.78, 5) is 22.6. The third-order valence-corrected chi connectivity index (χ3v) is 3.04. The van der Waals surface area contributed by atoms with Gasteiger partial charge in [0.1, 0.15) is 6.10 Å². The van der Waals surface area contributed by atoms with Crippen LogP contribution in [0.4, 0.5) is 0 Å². The Hall–Kier alpha value is -1.37. The summed E-state index contributed by atoms with van der Waals surface area (Å²) < 4.78 is 11.0. The zero-order chi connectivity index (χ0) is 14.4. The Morgan fingerprint density at radius 2 is 1.89 bits per heavy atom. The molecule has 0 spiro atoms. The number of benzene rings is 1. The lowest BCUT2D eigenvalue weighted by molar-refractivity contribution is -0.160. The van der Waals surface area contributed by atoms with E-state index in [1.165, 1.54) is 6.92 Å². The molecular weight excluding hydrogens is 359 g/mol. The van der Waals surface area contributed by atoms with Crippen molar-refractivity contribution in [2.75, 3.05) is 6.61 Å². The maximum Gasteiger partial charge on any atom is 0.344 e. The molecule has 0 aliphatic heterocycles. The second-order valence-electron chi connectivity index (χ2n) is 4.04. The average Bonchev–Trinajstić information content (AvgIpc) is 2.36. The van der Waals surface area contributed by atoms with Crippen molar-refractivity contribution in [3.63, 3.8) is 0 Å². The number of hydrogen-bond acceptors (Lipinski definition) is 4. The van der Waals surface area contributed by atoms with E-state index in [2.05, 4.69) is 29.2 Å². The lowest BCUT2D eigenvalue weighted by Gasteiger charge is -2.13. The van der Waals surface area contributed by atoms with Crippen LogP contribution in [0, 0.1) is 3.57 Å². The molecule has 0 aromatic heterocycles.